The van der Waals surface area contributed by atoms with Crippen LogP contribution in [0.5, 0.6) is 11.5 Å². The van der Waals surface area contributed by atoms with E-state index < -0.39 is 0 Å². The van der Waals surface area contributed by atoms with Crippen molar-refractivity contribution < 1.29 is 14.3 Å². The first-order valence-corrected chi connectivity index (χ1v) is 14.0. The van der Waals surface area contributed by atoms with Crippen LogP contribution >= 0.6 is 0 Å². The Morgan fingerprint density at radius 2 is 1.72 bits per heavy atom. The Morgan fingerprint density at radius 3 is 2.44 bits per heavy atom. The van der Waals surface area contributed by atoms with E-state index >= 15 is 0 Å². The summed E-state index contributed by atoms with van der Waals surface area (Å²) in [7, 11) is 7.72. The molecule has 2 atom stereocenters. The number of amides is 2. The highest BCUT2D eigenvalue weighted by atomic mass is 16.5. The van der Waals surface area contributed by atoms with Gasteiger partial charge in [0.25, 0.3) is 0 Å². The number of piperazine rings is 1. The van der Waals surface area contributed by atoms with Gasteiger partial charge in [-0.2, -0.15) is 0 Å². The highest BCUT2D eigenvalue weighted by Gasteiger charge is 2.49. The molecular weight excluding hydrogens is 492 g/mol. The highest BCUT2D eigenvalue weighted by molar-refractivity contribution is 5.90. The first kappa shape index (κ1) is 27.3. The molecule has 9 heteroatoms. The Hall–Kier alpha value is -3.30. The molecule has 2 unspecified atom stereocenters. The number of benzene rings is 2. The van der Waals surface area contributed by atoms with E-state index in [0.29, 0.717) is 6.04 Å². The van der Waals surface area contributed by atoms with Crippen molar-refractivity contribution in [3.05, 3.63) is 48.0 Å². The van der Waals surface area contributed by atoms with Crippen LogP contribution in [0, 0.1) is 0 Å². The number of carbonyl (C=O) groups excluding carboxylic acids is 1. The maximum Gasteiger partial charge on any atom is 0.320 e. The van der Waals surface area contributed by atoms with Gasteiger partial charge in [0.1, 0.15) is 6.67 Å². The number of rotatable bonds is 7. The number of likely N-dealkylation sites (tertiary alicyclic amines) is 1. The summed E-state index contributed by atoms with van der Waals surface area (Å²) in [6.07, 6.45) is 3.98. The van der Waals surface area contributed by atoms with Crippen LogP contribution in [0.1, 0.15) is 31.2 Å². The molecule has 2 heterocycles. The fourth-order valence-corrected chi connectivity index (χ4v) is 6.44. The highest BCUT2D eigenvalue weighted by Crippen LogP contribution is 2.49. The molecule has 3 fully saturated rings. The second-order valence-electron chi connectivity index (χ2n) is 11.0. The van der Waals surface area contributed by atoms with Crippen LogP contribution in [0.3, 0.4) is 0 Å². The fourth-order valence-electron chi connectivity index (χ4n) is 6.44. The number of ether oxygens (including phenoxy) is 2. The average molecular weight is 535 g/mol. The molecule has 210 valence electrons. The van der Waals surface area contributed by atoms with E-state index in [9.17, 15) is 4.79 Å². The van der Waals surface area contributed by atoms with E-state index in [0.717, 1.165) is 75.6 Å². The van der Waals surface area contributed by atoms with Gasteiger partial charge in [0, 0.05) is 61.1 Å². The lowest BCUT2D eigenvalue weighted by molar-refractivity contribution is 0.226. The Bertz CT molecular complexity index is 1180. The number of nitrogens with zero attached hydrogens (tertiary/aromatic N) is 4. The predicted molar refractivity (Wildman–Crippen MR) is 157 cm³/mol. The minimum atomic E-state index is -0.236. The molecule has 0 bridgehead atoms. The largest absolute Gasteiger partial charge is 0.493 e. The second-order valence-corrected chi connectivity index (χ2v) is 11.0. The van der Waals surface area contributed by atoms with Gasteiger partial charge in [0.15, 0.2) is 11.5 Å². The number of hydrogen-bond donors (Lipinski definition) is 2. The molecule has 39 heavy (non-hydrogen) atoms. The summed E-state index contributed by atoms with van der Waals surface area (Å²) in [5.41, 5.74) is 4.53. The van der Waals surface area contributed by atoms with Crippen molar-refractivity contribution in [2.75, 3.05) is 77.9 Å². The van der Waals surface area contributed by atoms with Crippen molar-refractivity contribution in [3.63, 3.8) is 0 Å². The van der Waals surface area contributed by atoms with Gasteiger partial charge >= 0.3 is 6.03 Å². The molecule has 2 aromatic rings. The summed E-state index contributed by atoms with van der Waals surface area (Å²) >= 11 is 0. The molecule has 3 aliphatic rings. The molecule has 2 amide bonds. The van der Waals surface area contributed by atoms with Gasteiger partial charge in [-0.05, 0) is 81.9 Å². The van der Waals surface area contributed by atoms with Crippen LogP contribution < -0.4 is 25.0 Å². The van der Waals surface area contributed by atoms with E-state index in [1.165, 1.54) is 17.0 Å². The van der Waals surface area contributed by atoms with Crippen LogP contribution in [0.4, 0.5) is 16.2 Å². The van der Waals surface area contributed by atoms with Crippen molar-refractivity contribution in [1.29, 1.82) is 0 Å². The quantitative estimate of drug-likeness (QED) is 0.563. The predicted octanol–water partition coefficient (Wildman–Crippen LogP) is 3.80. The minimum absolute atomic E-state index is 0.0778. The Labute approximate surface area is 232 Å². The van der Waals surface area contributed by atoms with Crippen LogP contribution in [0.2, 0.25) is 0 Å². The molecule has 1 aliphatic carbocycles. The smallest absolute Gasteiger partial charge is 0.320 e. The lowest BCUT2D eigenvalue weighted by Crippen LogP contribution is -2.46. The van der Waals surface area contributed by atoms with Gasteiger partial charge in [0.2, 0.25) is 0 Å². The first-order chi connectivity index (χ1) is 18.9. The van der Waals surface area contributed by atoms with E-state index in [1.54, 1.807) is 14.2 Å². The number of fused-ring (bicyclic) bond motifs is 1. The van der Waals surface area contributed by atoms with Crippen LogP contribution in [0.25, 0.3) is 0 Å². The third-order valence-electron chi connectivity index (χ3n) is 8.86. The van der Waals surface area contributed by atoms with E-state index in [-0.39, 0.29) is 18.1 Å². The number of nitrogens with one attached hydrogen (secondary N) is 2. The van der Waals surface area contributed by atoms with Crippen molar-refractivity contribution in [2.45, 2.75) is 37.1 Å². The van der Waals surface area contributed by atoms with E-state index in [4.69, 9.17) is 14.5 Å². The zero-order valence-corrected chi connectivity index (χ0v) is 23.7. The molecule has 0 radical (unpaired) electrons. The van der Waals surface area contributed by atoms with Gasteiger partial charge in [-0.3, -0.25) is 4.99 Å². The maximum absolute atomic E-state index is 12.5. The van der Waals surface area contributed by atoms with Crippen LogP contribution in [0.15, 0.2) is 47.5 Å². The van der Waals surface area contributed by atoms with Crippen LogP contribution in [-0.2, 0) is 5.41 Å². The van der Waals surface area contributed by atoms with Gasteiger partial charge in [-0.25, -0.2) is 4.79 Å². The first-order valence-electron chi connectivity index (χ1n) is 14.0. The average Bonchev–Trinajstić information content (AvgIpc) is 3.30. The number of aliphatic imine (C=N–C) groups is 1. The van der Waals surface area contributed by atoms with Crippen molar-refractivity contribution in [2.24, 2.45) is 4.99 Å². The summed E-state index contributed by atoms with van der Waals surface area (Å²) in [6, 6.07) is 14.6. The topological polar surface area (TPSA) is 81.7 Å². The number of methoxy groups -OCH3 is 2. The molecule has 2 aliphatic heterocycles. The molecule has 2 N–H and O–H groups in total. The minimum Gasteiger partial charge on any atom is -0.493 e. The van der Waals surface area contributed by atoms with Crippen molar-refractivity contribution in [3.8, 4) is 11.5 Å². The van der Waals surface area contributed by atoms with Crippen molar-refractivity contribution >= 4 is 23.1 Å². The number of carbonyl (C=O) groups is 1. The molecule has 0 spiro atoms. The summed E-state index contributed by atoms with van der Waals surface area (Å²) in [4.78, 5) is 24.5. The molecule has 0 aromatic heterocycles. The number of urea groups is 1. The zero-order valence-electron chi connectivity index (χ0n) is 23.7. The fraction of sp³-hybridized carbons (Fsp3) is 0.533. The molecular formula is C30H42N6O3. The Morgan fingerprint density at radius 1 is 0.974 bits per heavy atom. The Balaban J connectivity index is 1.15. The molecule has 5 rings (SSSR count). The third-order valence-corrected chi connectivity index (χ3v) is 8.86. The molecule has 2 aromatic carbocycles. The molecule has 2 saturated heterocycles. The third kappa shape index (κ3) is 5.84. The number of likely N-dealkylation sites (N-methyl/N-ethyl adjacent to an activating group) is 2. The summed E-state index contributed by atoms with van der Waals surface area (Å²) in [5, 5.41) is 5.84. The Kier molecular flexibility index (Phi) is 8.28. The molecule has 9 nitrogen and oxygen atoms in total. The normalized spacial score (nSPS) is 24.9. The summed E-state index contributed by atoms with van der Waals surface area (Å²) < 4.78 is 11.1. The van der Waals surface area contributed by atoms with Crippen molar-refractivity contribution in [1.82, 2.24) is 15.1 Å². The monoisotopic (exact) mass is 534 g/mol. The summed E-state index contributed by atoms with van der Waals surface area (Å²) in [5.74, 6) is 1.54. The van der Waals surface area contributed by atoms with Crippen LogP contribution in [-0.4, -0.2) is 95.3 Å². The lowest BCUT2D eigenvalue weighted by Gasteiger charge is -2.42. The standard InChI is InChI=1S/C30H42N6O3/c1-34-15-17-36(18-16-34)25-8-6-23(7-9-25)33-29(37)32-21-31-24-11-12-30(13-14-35(2)28(30)20-24)22-5-10-26(38-3)27(19-22)39-4/h5-10,19,28H,11-18,20-21H2,1-4H3,(H2,32,33,37)/b31-24+. The van der Waals surface area contributed by atoms with Gasteiger partial charge in [-0.1, -0.05) is 6.07 Å². The SMILES string of the molecule is COc1ccc(C23CC/C(=N\CNC(=O)Nc4ccc(N5CCN(C)CC5)cc4)CC2N(C)CC3)cc1OC. The zero-order chi connectivity index (χ0) is 27.4. The van der Waals surface area contributed by atoms with E-state index in [2.05, 4.69) is 63.7 Å². The maximum atomic E-state index is 12.5. The van der Waals surface area contributed by atoms with E-state index in [1.807, 2.05) is 18.2 Å². The summed E-state index contributed by atoms with van der Waals surface area (Å²) in [6.45, 7) is 5.52. The lowest BCUT2D eigenvalue weighted by atomic mass is 9.65. The van der Waals surface area contributed by atoms with Gasteiger partial charge < -0.3 is 34.8 Å². The number of anilines is 2. The second kappa shape index (κ2) is 11.8. The molecule has 1 saturated carbocycles. The number of hydrogen-bond acceptors (Lipinski definition) is 7. The van der Waals surface area contributed by atoms with Gasteiger partial charge in [0.05, 0.1) is 14.2 Å². The van der Waals surface area contributed by atoms with Gasteiger partial charge in [-0.15, -0.1) is 0 Å².